The number of anilines is 2. The molecule has 1 unspecified atom stereocenters. The molecule has 0 saturated carbocycles. The maximum absolute atomic E-state index is 12.1. The van der Waals surface area contributed by atoms with Crippen LogP contribution in [-0.4, -0.2) is 42.2 Å². The van der Waals surface area contributed by atoms with Crippen molar-refractivity contribution in [2.24, 2.45) is 5.92 Å². The molecular formula is C15H23N3O2. The summed E-state index contributed by atoms with van der Waals surface area (Å²) in [5.41, 5.74) is 8.17. The molecule has 1 saturated heterocycles. The van der Waals surface area contributed by atoms with Gasteiger partial charge >= 0.3 is 0 Å². The number of carbonyl (C=O) groups is 1. The normalized spacial score (nSPS) is 19.2. The van der Waals surface area contributed by atoms with E-state index in [0.29, 0.717) is 18.2 Å². The predicted octanol–water partition coefficient (Wildman–Crippen LogP) is 1.22. The molecule has 20 heavy (non-hydrogen) atoms. The van der Waals surface area contributed by atoms with E-state index >= 15 is 0 Å². The summed E-state index contributed by atoms with van der Waals surface area (Å²) in [7, 11) is 0. The Labute approximate surface area is 119 Å². The lowest BCUT2D eigenvalue weighted by Crippen LogP contribution is -2.31. The van der Waals surface area contributed by atoms with Gasteiger partial charge in [0.15, 0.2) is 0 Å². The van der Waals surface area contributed by atoms with Gasteiger partial charge in [0.05, 0.1) is 6.54 Å². The Morgan fingerprint density at radius 1 is 1.55 bits per heavy atom. The second-order valence-electron chi connectivity index (χ2n) is 5.52. The third kappa shape index (κ3) is 3.95. The van der Waals surface area contributed by atoms with Crippen LogP contribution in [0.15, 0.2) is 18.2 Å². The van der Waals surface area contributed by atoms with Crippen molar-refractivity contribution >= 4 is 17.3 Å². The number of aliphatic hydroxyl groups is 1. The monoisotopic (exact) mass is 277 g/mol. The summed E-state index contributed by atoms with van der Waals surface area (Å²) in [6.07, 6.45) is 1.89. The molecule has 5 heteroatoms. The number of hydrogen-bond acceptors (Lipinski definition) is 4. The zero-order valence-corrected chi connectivity index (χ0v) is 11.9. The van der Waals surface area contributed by atoms with Crippen molar-refractivity contribution in [1.82, 2.24) is 4.90 Å². The molecule has 1 amide bonds. The minimum atomic E-state index is -0.0108. The smallest absolute Gasteiger partial charge is 0.238 e. The minimum absolute atomic E-state index is 0.0108. The molecule has 110 valence electrons. The van der Waals surface area contributed by atoms with E-state index in [4.69, 9.17) is 10.8 Å². The van der Waals surface area contributed by atoms with Gasteiger partial charge in [-0.1, -0.05) is 6.07 Å². The Hall–Kier alpha value is -1.59. The molecule has 5 nitrogen and oxygen atoms in total. The predicted molar refractivity (Wildman–Crippen MR) is 80.5 cm³/mol. The summed E-state index contributed by atoms with van der Waals surface area (Å²) in [4.78, 5) is 14.2. The molecule has 0 spiro atoms. The van der Waals surface area contributed by atoms with Gasteiger partial charge in [0.1, 0.15) is 0 Å². The van der Waals surface area contributed by atoms with Gasteiger partial charge in [0.25, 0.3) is 0 Å². The van der Waals surface area contributed by atoms with Crippen LogP contribution >= 0.6 is 0 Å². The number of aryl methyl sites for hydroxylation is 1. The van der Waals surface area contributed by atoms with E-state index in [2.05, 4.69) is 10.2 Å². The molecule has 1 aliphatic heterocycles. The van der Waals surface area contributed by atoms with Gasteiger partial charge in [-0.2, -0.15) is 0 Å². The highest BCUT2D eigenvalue weighted by Crippen LogP contribution is 2.20. The van der Waals surface area contributed by atoms with Crippen LogP contribution in [0.2, 0.25) is 0 Å². The average Bonchev–Trinajstić information content (AvgIpc) is 2.81. The Balaban J connectivity index is 1.85. The third-order valence-corrected chi connectivity index (χ3v) is 3.81. The Bertz CT molecular complexity index is 476. The van der Waals surface area contributed by atoms with Crippen LogP contribution in [0.25, 0.3) is 0 Å². The fraction of sp³-hybridized carbons (Fsp3) is 0.533. The summed E-state index contributed by atoms with van der Waals surface area (Å²) >= 11 is 0. The largest absolute Gasteiger partial charge is 0.399 e. The summed E-state index contributed by atoms with van der Waals surface area (Å²) in [6.45, 7) is 4.39. The molecule has 0 aromatic heterocycles. The van der Waals surface area contributed by atoms with Crippen molar-refractivity contribution < 1.29 is 9.90 Å². The first-order chi connectivity index (χ1) is 9.58. The Kier molecular flexibility index (Phi) is 4.98. The van der Waals surface area contributed by atoms with Crippen molar-refractivity contribution in [3.8, 4) is 0 Å². The number of carbonyl (C=O) groups excluding carboxylic acids is 1. The molecule has 0 radical (unpaired) electrons. The van der Waals surface area contributed by atoms with Gasteiger partial charge in [-0.05, 0) is 49.9 Å². The molecule has 1 atom stereocenters. The number of nitrogens with one attached hydrogen (secondary N) is 1. The number of aliphatic hydroxyl groups excluding tert-OH is 1. The lowest BCUT2D eigenvalue weighted by molar-refractivity contribution is -0.117. The molecule has 4 N–H and O–H groups in total. The second-order valence-corrected chi connectivity index (χ2v) is 5.52. The minimum Gasteiger partial charge on any atom is -0.399 e. The number of likely N-dealkylation sites (tertiary alicyclic amines) is 1. The molecule has 0 bridgehead atoms. The van der Waals surface area contributed by atoms with Crippen LogP contribution in [-0.2, 0) is 4.79 Å². The number of nitrogens with zero attached hydrogens (tertiary/aromatic N) is 1. The zero-order chi connectivity index (χ0) is 14.5. The highest BCUT2D eigenvalue weighted by Gasteiger charge is 2.23. The van der Waals surface area contributed by atoms with Crippen LogP contribution in [0.3, 0.4) is 0 Å². The van der Waals surface area contributed by atoms with E-state index in [-0.39, 0.29) is 12.5 Å². The highest BCUT2D eigenvalue weighted by molar-refractivity contribution is 5.93. The standard InChI is InChI=1S/C15H23N3O2/c1-11-2-3-13(16)8-14(11)17-15(20)10-18-6-4-12(9-18)5-7-19/h2-3,8,12,19H,4-7,9-10,16H2,1H3,(H,17,20). The first kappa shape index (κ1) is 14.8. The average molecular weight is 277 g/mol. The van der Waals surface area contributed by atoms with E-state index < -0.39 is 0 Å². The fourth-order valence-corrected chi connectivity index (χ4v) is 2.64. The van der Waals surface area contributed by atoms with Crippen molar-refractivity contribution in [1.29, 1.82) is 0 Å². The van der Waals surface area contributed by atoms with E-state index in [9.17, 15) is 4.79 Å². The molecular weight excluding hydrogens is 254 g/mol. The van der Waals surface area contributed by atoms with Crippen molar-refractivity contribution in [3.63, 3.8) is 0 Å². The van der Waals surface area contributed by atoms with E-state index in [1.54, 1.807) is 6.07 Å². The number of rotatable bonds is 5. The molecule has 1 fully saturated rings. The van der Waals surface area contributed by atoms with Gasteiger partial charge in [-0.15, -0.1) is 0 Å². The SMILES string of the molecule is Cc1ccc(N)cc1NC(=O)CN1CCC(CCO)C1. The molecule has 1 heterocycles. The van der Waals surface area contributed by atoms with Crippen LogP contribution in [0.4, 0.5) is 11.4 Å². The first-order valence-corrected chi connectivity index (χ1v) is 7.07. The lowest BCUT2D eigenvalue weighted by Gasteiger charge is -2.16. The molecule has 0 aliphatic carbocycles. The number of nitrogens with two attached hydrogens (primary N) is 1. The quantitative estimate of drug-likeness (QED) is 0.707. The summed E-state index contributed by atoms with van der Waals surface area (Å²) in [5, 5.41) is 11.9. The maximum atomic E-state index is 12.1. The Morgan fingerprint density at radius 3 is 3.10 bits per heavy atom. The van der Waals surface area contributed by atoms with E-state index in [0.717, 1.165) is 37.2 Å². The van der Waals surface area contributed by atoms with Crippen LogP contribution < -0.4 is 11.1 Å². The molecule has 1 aromatic carbocycles. The first-order valence-electron chi connectivity index (χ1n) is 7.07. The number of amides is 1. The van der Waals surface area contributed by atoms with Gasteiger partial charge in [0.2, 0.25) is 5.91 Å². The second kappa shape index (κ2) is 6.72. The van der Waals surface area contributed by atoms with Gasteiger partial charge in [0, 0.05) is 24.5 Å². The topological polar surface area (TPSA) is 78.6 Å². The summed E-state index contributed by atoms with van der Waals surface area (Å²) in [6, 6.07) is 5.51. The van der Waals surface area contributed by atoms with Gasteiger partial charge in [-0.25, -0.2) is 0 Å². The van der Waals surface area contributed by atoms with Crippen molar-refractivity contribution in [3.05, 3.63) is 23.8 Å². The summed E-state index contributed by atoms with van der Waals surface area (Å²) < 4.78 is 0. The van der Waals surface area contributed by atoms with Crippen LogP contribution in [0.1, 0.15) is 18.4 Å². The Morgan fingerprint density at radius 2 is 2.35 bits per heavy atom. The maximum Gasteiger partial charge on any atom is 0.238 e. The van der Waals surface area contributed by atoms with Gasteiger partial charge < -0.3 is 16.2 Å². The summed E-state index contributed by atoms with van der Waals surface area (Å²) in [5.74, 6) is 0.505. The number of benzene rings is 1. The van der Waals surface area contributed by atoms with Crippen LogP contribution in [0, 0.1) is 12.8 Å². The van der Waals surface area contributed by atoms with Crippen LogP contribution in [0.5, 0.6) is 0 Å². The molecule has 1 aliphatic rings. The zero-order valence-electron chi connectivity index (χ0n) is 11.9. The van der Waals surface area contributed by atoms with E-state index in [1.165, 1.54) is 0 Å². The highest BCUT2D eigenvalue weighted by atomic mass is 16.3. The molecule has 2 rings (SSSR count). The lowest BCUT2D eigenvalue weighted by atomic mass is 10.1. The fourth-order valence-electron chi connectivity index (χ4n) is 2.64. The molecule has 1 aromatic rings. The van der Waals surface area contributed by atoms with Crippen molar-refractivity contribution in [2.75, 3.05) is 37.3 Å². The third-order valence-electron chi connectivity index (χ3n) is 3.81. The van der Waals surface area contributed by atoms with Crippen molar-refractivity contribution in [2.45, 2.75) is 19.8 Å². The number of hydrogen-bond donors (Lipinski definition) is 3. The number of nitrogen functional groups attached to an aromatic ring is 1. The van der Waals surface area contributed by atoms with E-state index in [1.807, 2.05) is 19.1 Å². The van der Waals surface area contributed by atoms with Gasteiger partial charge in [-0.3, -0.25) is 9.69 Å².